The number of rotatable bonds is 5. The Balaban J connectivity index is 2.10. The highest BCUT2D eigenvalue weighted by Gasteiger charge is 2.40. The van der Waals surface area contributed by atoms with Crippen LogP contribution in [0.25, 0.3) is 0 Å². The summed E-state index contributed by atoms with van der Waals surface area (Å²) in [6.45, 7) is 8.47. The molecule has 2 heterocycles. The molecule has 0 aliphatic carbocycles. The number of nitrogens with zero attached hydrogens (tertiary/aromatic N) is 3. The SMILES string of the molecule is CCCC1(N)CN(c2ncnc(OCC)c2C)C1. The Morgan fingerprint density at radius 3 is 2.72 bits per heavy atom. The van der Waals surface area contributed by atoms with E-state index in [1.165, 1.54) is 0 Å². The summed E-state index contributed by atoms with van der Waals surface area (Å²) in [6, 6.07) is 0. The molecule has 5 nitrogen and oxygen atoms in total. The van der Waals surface area contributed by atoms with E-state index >= 15 is 0 Å². The lowest BCUT2D eigenvalue weighted by Gasteiger charge is -2.48. The molecular weight excluding hydrogens is 228 g/mol. The summed E-state index contributed by atoms with van der Waals surface area (Å²) >= 11 is 0. The molecule has 1 fully saturated rings. The van der Waals surface area contributed by atoms with Crippen LogP contribution < -0.4 is 15.4 Å². The average molecular weight is 250 g/mol. The van der Waals surface area contributed by atoms with Gasteiger partial charge in [-0.05, 0) is 20.3 Å². The van der Waals surface area contributed by atoms with Gasteiger partial charge in [0.25, 0.3) is 0 Å². The van der Waals surface area contributed by atoms with Gasteiger partial charge in [0.05, 0.1) is 17.7 Å². The van der Waals surface area contributed by atoms with E-state index in [0.29, 0.717) is 12.5 Å². The number of hydrogen-bond acceptors (Lipinski definition) is 5. The van der Waals surface area contributed by atoms with E-state index in [4.69, 9.17) is 10.5 Å². The van der Waals surface area contributed by atoms with E-state index in [1.807, 2.05) is 13.8 Å². The maximum atomic E-state index is 6.27. The second-order valence-electron chi connectivity index (χ2n) is 5.03. The zero-order valence-corrected chi connectivity index (χ0v) is 11.4. The summed E-state index contributed by atoms with van der Waals surface area (Å²) < 4.78 is 5.49. The first-order valence-corrected chi connectivity index (χ1v) is 6.58. The van der Waals surface area contributed by atoms with Crippen LogP contribution in [-0.4, -0.2) is 35.2 Å². The van der Waals surface area contributed by atoms with Gasteiger partial charge in [-0.3, -0.25) is 0 Å². The molecule has 0 radical (unpaired) electrons. The van der Waals surface area contributed by atoms with Crippen LogP contribution in [0.15, 0.2) is 6.33 Å². The molecule has 1 aliphatic heterocycles. The third-order valence-electron chi connectivity index (χ3n) is 3.35. The quantitative estimate of drug-likeness (QED) is 0.858. The van der Waals surface area contributed by atoms with Crippen molar-refractivity contribution in [1.29, 1.82) is 0 Å². The van der Waals surface area contributed by atoms with Gasteiger partial charge >= 0.3 is 0 Å². The molecule has 2 N–H and O–H groups in total. The zero-order chi connectivity index (χ0) is 13.2. The van der Waals surface area contributed by atoms with Gasteiger partial charge in [-0.1, -0.05) is 13.3 Å². The Labute approximate surface area is 108 Å². The first kappa shape index (κ1) is 13.1. The minimum absolute atomic E-state index is 0.0437. The van der Waals surface area contributed by atoms with Crippen molar-refractivity contribution in [1.82, 2.24) is 9.97 Å². The summed E-state index contributed by atoms with van der Waals surface area (Å²) in [7, 11) is 0. The Morgan fingerprint density at radius 2 is 2.11 bits per heavy atom. The first-order valence-electron chi connectivity index (χ1n) is 6.58. The van der Waals surface area contributed by atoms with Crippen LogP contribution >= 0.6 is 0 Å². The van der Waals surface area contributed by atoms with Crippen molar-refractivity contribution in [2.24, 2.45) is 5.73 Å². The Hall–Kier alpha value is -1.36. The van der Waals surface area contributed by atoms with Gasteiger partial charge in [0.2, 0.25) is 5.88 Å². The Kier molecular flexibility index (Phi) is 3.71. The molecule has 1 aliphatic rings. The Bertz CT molecular complexity index is 415. The molecule has 0 aromatic carbocycles. The third kappa shape index (κ3) is 2.41. The fourth-order valence-corrected chi connectivity index (χ4v) is 2.55. The van der Waals surface area contributed by atoms with Gasteiger partial charge in [-0.2, -0.15) is 0 Å². The maximum absolute atomic E-state index is 6.27. The van der Waals surface area contributed by atoms with Gasteiger partial charge in [0.15, 0.2) is 0 Å². The average Bonchev–Trinajstić information content (AvgIpc) is 2.29. The number of aromatic nitrogens is 2. The molecule has 0 bridgehead atoms. The van der Waals surface area contributed by atoms with Crippen LogP contribution in [0.1, 0.15) is 32.3 Å². The van der Waals surface area contributed by atoms with E-state index in [2.05, 4.69) is 21.8 Å². The fraction of sp³-hybridized carbons (Fsp3) is 0.692. The van der Waals surface area contributed by atoms with Crippen molar-refractivity contribution in [3.05, 3.63) is 11.9 Å². The minimum atomic E-state index is -0.0437. The highest BCUT2D eigenvalue weighted by atomic mass is 16.5. The van der Waals surface area contributed by atoms with Gasteiger partial charge in [0, 0.05) is 13.1 Å². The summed E-state index contributed by atoms with van der Waals surface area (Å²) in [4.78, 5) is 10.7. The lowest BCUT2D eigenvalue weighted by atomic mass is 9.86. The van der Waals surface area contributed by atoms with Crippen LogP contribution in [-0.2, 0) is 0 Å². The molecule has 0 saturated carbocycles. The highest BCUT2D eigenvalue weighted by molar-refractivity contribution is 5.53. The fourth-order valence-electron chi connectivity index (χ4n) is 2.55. The Morgan fingerprint density at radius 1 is 1.39 bits per heavy atom. The van der Waals surface area contributed by atoms with Gasteiger partial charge in [-0.15, -0.1) is 0 Å². The van der Waals surface area contributed by atoms with Gasteiger partial charge in [0.1, 0.15) is 12.1 Å². The molecular formula is C13H22N4O. The van der Waals surface area contributed by atoms with Gasteiger partial charge < -0.3 is 15.4 Å². The van der Waals surface area contributed by atoms with E-state index in [0.717, 1.165) is 37.3 Å². The summed E-state index contributed by atoms with van der Waals surface area (Å²) in [5.74, 6) is 1.62. The van der Waals surface area contributed by atoms with E-state index in [9.17, 15) is 0 Å². The minimum Gasteiger partial charge on any atom is -0.478 e. The van der Waals surface area contributed by atoms with Crippen LogP contribution in [0.4, 0.5) is 5.82 Å². The molecule has 0 atom stereocenters. The molecule has 100 valence electrons. The second kappa shape index (κ2) is 5.10. The van der Waals surface area contributed by atoms with Crippen molar-refractivity contribution >= 4 is 5.82 Å². The smallest absolute Gasteiger partial charge is 0.221 e. The predicted molar refractivity (Wildman–Crippen MR) is 72.0 cm³/mol. The molecule has 18 heavy (non-hydrogen) atoms. The summed E-state index contributed by atoms with van der Waals surface area (Å²) in [5, 5.41) is 0. The molecule has 0 unspecified atom stereocenters. The number of nitrogens with two attached hydrogens (primary N) is 1. The largest absolute Gasteiger partial charge is 0.478 e. The number of anilines is 1. The van der Waals surface area contributed by atoms with Crippen molar-refractivity contribution < 1.29 is 4.74 Å². The summed E-state index contributed by atoms with van der Waals surface area (Å²) in [5.41, 5.74) is 7.23. The van der Waals surface area contributed by atoms with Crippen LogP contribution in [0, 0.1) is 6.92 Å². The van der Waals surface area contributed by atoms with Gasteiger partial charge in [-0.25, -0.2) is 9.97 Å². The normalized spacial score (nSPS) is 17.4. The summed E-state index contributed by atoms with van der Waals surface area (Å²) in [6.07, 6.45) is 3.74. The van der Waals surface area contributed by atoms with Crippen molar-refractivity contribution in [2.45, 2.75) is 39.2 Å². The van der Waals surface area contributed by atoms with Crippen LogP contribution in [0.3, 0.4) is 0 Å². The van der Waals surface area contributed by atoms with Crippen LogP contribution in [0.2, 0.25) is 0 Å². The monoisotopic (exact) mass is 250 g/mol. The number of hydrogen-bond donors (Lipinski definition) is 1. The topological polar surface area (TPSA) is 64.3 Å². The molecule has 2 rings (SSSR count). The molecule has 0 amide bonds. The lowest BCUT2D eigenvalue weighted by Crippen LogP contribution is -2.67. The zero-order valence-electron chi connectivity index (χ0n) is 11.4. The van der Waals surface area contributed by atoms with E-state index in [-0.39, 0.29) is 5.54 Å². The number of ether oxygens (including phenoxy) is 1. The predicted octanol–water partition coefficient (Wildman–Crippen LogP) is 1.50. The second-order valence-corrected chi connectivity index (χ2v) is 5.03. The molecule has 0 spiro atoms. The first-order chi connectivity index (χ1) is 8.59. The standard InChI is InChI=1S/C13H22N4O/c1-4-6-13(14)7-17(8-13)11-10(3)12(18-5-2)16-9-15-11/h9H,4-8,14H2,1-3H3. The maximum Gasteiger partial charge on any atom is 0.221 e. The van der Waals surface area contributed by atoms with E-state index < -0.39 is 0 Å². The van der Waals surface area contributed by atoms with Crippen molar-refractivity contribution in [3.8, 4) is 5.88 Å². The molecule has 1 saturated heterocycles. The van der Waals surface area contributed by atoms with Crippen molar-refractivity contribution in [3.63, 3.8) is 0 Å². The van der Waals surface area contributed by atoms with Crippen LogP contribution in [0.5, 0.6) is 5.88 Å². The van der Waals surface area contributed by atoms with E-state index in [1.54, 1.807) is 6.33 Å². The molecule has 1 aromatic rings. The lowest BCUT2D eigenvalue weighted by molar-refractivity contribution is 0.301. The molecule has 1 aromatic heterocycles. The molecule has 5 heteroatoms. The van der Waals surface area contributed by atoms with Crippen molar-refractivity contribution in [2.75, 3.05) is 24.6 Å². The third-order valence-corrected chi connectivity index (χ3v) is 3.35. The highest BCUT2D eigenvalue weighted by Crippen LogP contribution is 2.32.